The van der Waals surface area contributed by atoms with Gasteiger partial charge < -0.3 is 11.5 Å². The molecule has 4 rings (SSSR count). The molecule has 0 saturated heterocycles. The number of nitrogens with zero attached hydrogens (tertiary/aromatic N) is 4. The Morgan fingerprint density at radius 1 is 1.00 bits per heavy atom. The summed E-state index contributed by atoms with van der Waals surface area (Å²) < 4.78 is 0. The molecule has 1 aliphatic carbocycles. The van der Waals surface area contributed by atoms with Gasteiger partial charge in [0.15, 0.2) is 0 Å². The van der Waals surface area contributed by atoms with Crippen LogP contribution in [0.15, 0.2) is 65.9 Å². The third-order valence-corrected chi connectivity index (χ3v) is 5.62. The van der Waals surface area contributed by atoms with E-state index in [2.05, 4.69) is 15.0 Å². The number of hydrogen-bond acceptors (Lipinski definition) is 5. The zero-order valence-electron chi connectivity index (χ0n) is 16.2. The molecule has 3 aromatic rings. The van der Waals surface area contributed by atoms with E-state index in [4.69, 9.17) is 16.7 Å². The summed E-state index contributed by atoms with van der Waals surface area (Å²) in [5.41, 5.74) is 15.2. The van der Waals surface area contributed by atoms with Gasteiger partial charge in [-0.2, -0.15) is 10.3 Å². The lowest BCUT2D eigenvalue weighted by molar-refractivity contribution is 0.100. The SMILES string of the molecule is N#Cc1ccc(C(=O)N=C(N)C2(c3ccc(-c4cnc(N)nc4)cc3)CCC2)cc1. The molecule has 148 valence electrons. The van der Waals surface area contributed by atoms with E-state index in [9.17, 15) is 4.79 Å². The molecule has 0 radical (unpaired) electrons. The topological polar surface area (TPSA) is 131 Å². The van der Waals surface area contributed by atoms with E-state index in [0.29, 0.717) is 17.0 Å². The molecular formula is C23H20N6O. The van der Waals surface area contributed by atoms with Gasteiger partial charge in [-0.1, -0.05) is 30.7 Å². The summed E-state index contributed by atoms with van der Waals surface area (Å²) in [6.45, 7) is 0. The number of anilines is 1. The molecule has 0 atom stereocenters. The molecule has 1 aliphatic rings. The number of amidine groups is 1. The quantitative estimate of drug-likeness (QED) is 0.514. The summed E-state index contributed by atoms with van der Waals surface area (Å²) in [7, 11) is 0. The highest BCUT2D eigenvalue weighted by Gasteiger charge is 2.42. The molecular weight excluding hydrogens is 376 g/mol. The summed E-state index contributed by atoms with van der Waals surface area (Å²) in [6.07, 6.45) is 6.07. The molecule has 7 heteroatoms. The fourth-order valence-electron chi connectivity index (χ4n) is 3.66. The number of rotatable bonds is 4. The summed E-state index contributed by atoms with van der Waals surface area (Å²) in [5.74, 6) is 0.158. The number of nitriles is 1. The monoisotopic (exact) mass is 396 g/mol. The fourth-order valence-corrected chi connectivity index (χ4v) is 3.66. The van der Waals surface area contributed by atoms with Crippen molar-refractivity contribution in [2.45, 2.75) is 24.7 Å². The second-order valence-electron chi connectivity index (χ2n) is 7.33. The number of carbonyl (C=O) groups is 1. The minimum Gasteiger partial charge on any atom is -0.386 e. The van der Waals surface area contributed by atoms with Crippen LogP contribution in [0.1, 0.15) is 40.7 Å². The Hall–Kier alpha value is -4.05. The van der Waals surface area contributed by atoms with Gasteiger partial charge in [0, 0.05) is 23.5 Å². The van der Waals surface area contributed by atoms with E-state index in [1.807, 2.05) is 30.3 Å². The van der Waals surface area contributed by atoms with Crippen LogP contribution in [0.4, 0.5) is 5.95 Å². The summed E-state index contributed by atoms with van der Waals surface area (Å²) >= 11 is 0. The molecule has 0 spiro atoms. The van der Waals surface area contributed by atoms with Gasteiger partial charge in [-0.05, 0) is 48.2 Å². The minimum atomic E-state index is -0.432. The van der Waals surface area contributed by atoms with Crippen molar-refractivity contribution >= 4 is 17.7 Å². The Morgan fingerprint density at radius 2 is 1.63 bits per heavy atom. The van der Waals surface area contributed by atoms with Gasteiger partial charge in [-0.3, -0.25) is 4.79 Å². The van der Waals surface area contributed by atoms with Gasteiger partial charge in [0.1, 0.15) is 5.84 Å². The summed E-state index contributed by atoms with van der Waals surface area (Å²) in [4.78, 5) is 24.8. The van der Waals surface area contributed by atoms with Gasteiger partial charge in [0.05, 0.1) is 17.0 Å². The number of amides is 1. The number of benzene rings is 2. The van der Waals surface area contributed by atoms with E-state index in [1.54, 1.807) is 36.7 Å². The Morgan fingerprint density at radius 3 is 2.17 bits per heavy atom. The van der Waals surface area contributed by atoms with Crippen LogP contribution >= 0.6 is 0 Å². The highest BCUT2D eigenvalue weighted by molar-refractivity contribution is 6.06. The Balaban J connectivity index is 1.59. The van der Waals surface area contributed by atoms with Gasteiger partial charge in [-0.15, -0.1) is 0 Å². The fraction of sp³-hybridized carbons (Fsp3) is 0.174. The predicted octanol–water partition coefficient (Wildman–Crippen LogP) is 3.22. The molecule has 1 amide bonds. The first-order chi connectivity index (χ1) is 14.5. The summed E-state index contributed by atoms with van der Waals surface area (Å²) in [6, 6.07) is 16.4. The van der Waals surface area contributed by atoms with E-state index < -0.39 is 11.3 Å². The van der Waals surface area contributed by atoms with Crippen molar-refractivity contribution in [3.63, 3.8) is 0 Å². The van der Waals surface area contributed by atoms with Crippen molar-refractivity contribution in [1.29, 1.82) is 5.26 Å². The zero-order chi connectivity index (χ0) is 21.1. The van der Waals surface area contributed by atoms with Crippen molar-refractivity contribution in [3.05, 3.63) is 77.6 Å². The maximum atomic E-state index is 12.6. The lowest BCUT2D eigenvalue weighted by Crippen LogP contribution is -2.47. The van der Waals surface area contributed by atoms with Gasteiger partial charge in [0.2, 0.25) is 5.95 Å². The molecule has 1 fully saturated rings. The molecule has 7 nitrogen and oxygen atoms in total. The molecule has 1 aromatic heterocycles. The van der Waals surface area contributed by atoms with E-state index >= 15 is 0 Å². The second-order valence-corrected chi connectivity index (χ2v) is 7.33. The van der Waals surface area contributed by atoms with Gasteiger partial charge in [-0.25, -0.2) is 9.97 Å². The molecule has 1 saturated carbocycles. The zero-order valence-corrected chi connectivity index (χ0v) is 16.2. The molecule has 0 aliphatic heterocycles. The lowest BCUT2D eigenvalue weighted by atomic mass is 9.63. The van der Waals surface area contributed by atoms with Gasteiger partial charge in [0.25, 0.3) is 5.91 Å². The van der Waals surface area contributed by atoms with Crippen LogP contribution in [-0.2, 0) is 5.41 Å². The Kier molecular flexibility index (Phi) is 4.98. The van der Waals surface area contributed by atoms with Crippen LogP contribution in [0.25, 0.3) is 11.1 Å². The Labute approximate surface area is 174 Å². The first-order valence-electron chi connectivity index (χ1n) is 9.59. The van der Waals surface area contributed by atoms with Crippen molar-refractivity contribution in [2.24, 2.45) is 10.7 Å². The van der Waals surface area contributed by atoms with Crippen molar-refractivity contribution < 1.29 is 4.79 Å². The summed E-state index contributed by atoms with van der Waals surface area (Å²) in [5, 5.41) is 8.89. The normalized spacial score (nSPS) is 15.1. The predicted molar refractivity (Wildman–Crippen MR) is 115 cm³/mol. The largest absolute Gasteiger partial charge is 0.386 e. The smallest absolute Gasteiger partial charge is 0.278 e. The minimum absolute atomic E-state index is 0.236. The highest BCUT2D eigenvalue weighted by atomic mass is 16.1. The molecule has 30 heavy (non-hydrogen) atoms. The maximum absolute atomic E-state index is 12.6. The Bertz CT molecular complexity index is 1140. The molecule has 0 unspecified atom stereocenters. The first-order valence-corrected chi connectivity index (χ1v) is 9.59. The van der Waals surface area contributed by atoms with Gasteiger partial charge >= 0.3 is 0 Å². The lowest BCUT2D eigenvalue weighted by Gasteiger charge is -2.41. The standard InChI is InChI=1S/C23H20N6O/c24-12-15-2-4-17(5-3-15)20(30)29-21(25)23(10-1-11-23)19-8-6-16(7-9-19)18-13-27-22(26)28-14-18/h2-9,13-14H,1,10-11H2,(H2,25,29,30)(H2,26,27,28). The van der Waals surface area contributed by atoms with Crippen LogP contribution in [-0.4, -0.2) is 21.7 Å². The highest BCUT2D eigenvalue weighted by Crippen LogP contribution is 2.44. The van der Waals surface area contributed by atoms with Crippen molar-refractivity contribution in [1.82, 2.24) is 9.97 Å². The number of carbonyl (C=O) groups excluding carboxylic acids is 1. The van der Waals surface area contributed by atoms with E-state index in [-0.39, 0.29) is 5.95 Å². The van der Waals surface area contributed by atoms with E-state index in [1.165, 1.54) is 0 Å². The van der Waals surface area contributed by atoms with Crippen LogP contribution in [0.5, 0.6) is 0 Å². The third-order valence-electron chi connectivity index (χ3n) is 5.62. The second kappa shape index (κ2) is 7.76. The van der Waals surface area contributed by atoms with Crippen LogP contribution in [0.2, 0.25) is 0 Å². The molecule has 2 aromatic carbocycles. The molecule has 1 heterocycles. The number of aliphatic imine (C=N–C) groups is 1. The first kappa shape index (κ1) is 19.3. The average Bonchev–Trinajstić information content (AvgIpc) is 2.74. The van der Waals surface area contributed by atoms with Crippen LogP contribution < -0.4 is 11.5 Å². The van der Waals surface area contributed by atoms with Crippen LogP contribution in [0, 0.1) is 11.3 Å². The third kappa shape index (κ3) is 3.51. The maximum Gasteiger partial charge on any atom is 0.278 e. The van der Waals surface area contributed by atoms with Crippen LogP contribution in [0.3, 0.4) is 0 Å². The number of hydrogen-bond donors (Lipinski definition) is 2. The average molecular weight is 396 g/mol. The van der Waals surface area contributed by atoms with E-state index in [0.717, 1.165) is 36.0 Å². The number of nitrogen functional groups attached to an aromatic ring is 1. The number of aromatic nitrogens is 2. The van der Waals surface area contributed by atoms with Crippen molar-refractivity contribution in [3.8, 4) is 17.2 Å². The number of nitrogens with two attached hydrogens (primary N) is 2. The molecule has 4 N–H and O–H groups in total. The van der Waals surface area contributed by atoms with Crippen molar-refractivity contribution in [2.75, 3.05) is 5.73 Å². The molecule has 0 bridgehead atoms.